The fourth-order valence-corrected chi connectivity index (χ4v) is 5.12. The summed E-state index contributed by atoms with van der Waals surface area (Å²) in [5, 5.41) is 4.21. The number of nitrogens with one attached hydrogen (secondary N) is 1. The lowest BCUT2D eigenvalue weighted by Gasteiger charge is -2.28. The molecule has 0 bridgehead atoms. The van der Waals surface area contributed by atoms with Crippen LogP contribution in [0.4, 0.5) is 5.69 Å². The molecule has 1 N–H and O–H groups in total. The molecule has 1 aliphatic rings. The summed E-state index contributed by atoms with van der Waals surface area (Å²) in [6.07, 6.45) is 3.68. The third-order valence-electron chi connectivity index (χ3n) is 6.37. The highest BCUT2D eigenvalue weighted by Gasteiger charge is 2.42. The van der Waals surface area contributed by atoms with Crippen LogP contribution >= 0.6 is 12.2 Å². The minimum atomic E-state index is -0.102. The van der Waals surface area contributed by atoms with Crippen molar-refractivity contribution in [2.45, 2.75) is 32.9 Å². The molecule has 0 unspecified atom stereocenters. The smallest absolute Gasteiger partial charge is 0.174 e. The van der Waals surface area contributed by atoms with Crippen molar-refractivity contribution in [3.8, 4) is 11.6 Å². The number of ether oxygens (including phenoxy) is 1. The van der Waals surface area contributed by atoms with Gasteiger partial charge in [-0.05, 0) is 98.7 Å². The zero-order chi connectivity index (χ0) is 23.8. The fourth-order valence-electron chi connectivity index (χ4n) is 4.77. The maximum atomic E-state index is 5.87. The van der Waals surface area contributed by atoms with E-state index in [2.05, 4.69) is 57.7 Å². The summed E-state index contributed by atoms with van der Waals surface area (Å²) in [5.41, 5.74) is 6.56. The third kappa shape index (κ3) is 3.82. The van der Waals surface area contributed by atoms with Crippen molar-refractivity contribution in [2.75, 3.05) is 12.0 Å². The van der Waals surface area contributed by atoms with Crippen LogP contribution in [0.25, 0.3) is 5.82 Å². The molecule has 5 rings (SSSR count). The van der Waals surface area contributed by atoms with Gasteiger partial charge in [-0.15, -0.1) is 0 Å². The Bertz CT molecular complexity index is 1330. The number of aryl methyl sites for hydroxylation is 2. The Hall–Kier alpha value is -3.71. The number of pyridine rings is 2. The van der Waals surface area contributed by atoms with Crippen molar-refractivity contribution in [2.24, 2.45) is 0 Å². The second kappa shape index (κ2) is 8.91. The van der Waals surface area contributed by atoms with Gasteiger partial charge in [-0.25, -0.2) is 4.98 Å². The predicted octanol–water partition coefficient (Wildman–Crippen LogP) is 5.38. The number of methoxy groups -OCH3 is 1. The number of aromatic nitrogens is 3. The highest BCUT2D eigenvalue weighted by molar-refractivity contribution is 7.80. The topological polar surface area (TPSA) is 55.2 Å². The van der Waals surface area contributed by atoms with Gasteiger partial charge in [0.2, 0.25) is 0 Å². The standard InChI is InChI=1S/C27H27N5OS/c1-17-12-14-29-24(15-17)31-18(2)16-22(19(31)3)26-25(23-7-5-6-13-28-23)30-27(34)32(26)20-8-10-21(33-4)11-9-20/h5-16,25-26H,1-4H3,(H,30,34)/t25-,26-/m1/s1. The summed E-state index contributed by atoms with van der Waals surface area (Å²) in [5.74, 6) is 1.73. The van der Waals surface area contributed by atoms with E-state index in [9.17, 15) is 0 Å². The van der Waals surface area contributed by atoms with E-state index < -0.39 is 0 Å². The largest absolute Gasteiger partial charge is 0.497 e. The number of benzene rings is 1. The van der Waals surface area contributed by atoms with Gasteiger partial charge >= 0.3 is 0 Å². The molecule has 2 atom stereocenters. The van der Waals surface area contributed by atoms with Gasteiger partial charge in [0.05, 0.1) is 24.9 Å². The van der Waals surface area contributed by atoms with Crippen LogP contribution in [0.15, 0.2) is 73.1 Å². The minimum Gasteiger partial charge on any atom is -0.497 e. The molecule has 1 aromatic carbocycles. The lowest BCUT2D eigenvalue weighted by Crippen LogP contribution is -2.29. The molecule has 0 aliphatic carbocycles. The molecule has 4 heterocycles. The highest BCUT2D eigenvalue weighted by Crippen LogP contribution is 2.43. The number of rotatable bonds is 5. The van der Waals surface area contributed by atoms with Gasteiger partial charge in [0, 0.05) is 29.5 Å². The van der Waals surface area contributed by atoms with Crippen molar-refractivity contribution >= 4 is 23.0 Å². The van der Waals surface area contributed by atoms with Crippen LogP contribution in [0, 0.1) is 20.8 Å². The zero-order valence-electron chi connectivity index (χ0n) is 19.7. The third-order valence-corrected chi connectivity index (χ3v) is 6.68. The molecule has 0 amide bonds. The molecular formula is C27H27N5OS. The Labute approximate surface area is 205 Å². The van der Waals surface area contributed by atoms with Crippen molar-refractivity contribution in [1.29, 1.82) is 0 Å². The molecule has 1 fully saturated rings. The van der Waals surface area contributed by atoms with Crippen LogP contribution in [-0.2, 0) is 0 Å². The maximum absolute atomic E-state index is 5.87. The van der Waals surface area contributed by atoms with Crippen molar-refractivity contribution in [1.82, 2.24) is 19.9 Å². The van der Waals surface area contributed by atoms with Crippen LogP contribution in [0.5, 0.6) is 5.75 Å². The van der Waals surface area contributed by atoms with Crippen molar-refractivity contribution < 1.29 is 4.74 Å². The second-order valence-corrected chi connectivity index (χ2v) is 8.93. The average molecular weight is 470 g/mol. The van der Waals surface area contributed by atoms with Gasteiger partial charge in [-0.1, -0.05) is 6.07 Å². The number of nitrogens with zero attached hydrogens (tertiary/aromatic N) is 4. The first-order valence-corrected chi connectivity index (χ1v) is 11.7. The first-order chi connectivity index (χ1) is 16.5. The molecule has 0 spiro atoms. The zero-order valence-corrected chi connectivity index (χ0v) is 20.5. The predicted molar refractivity (Wildman–Crippen MR) is 139 cm³/mol. The summed E-state index contributed by atoms with van der Waals surface area (Å²) < 4.78 is 7.58. The summed E-state index contributed by atoms with van der Waals surface area (Å²) in [7, 11) is 1.67. The monoisotopic (exact) mass is 469 g/mol. The van der Waals surface area contributed by atoms with E-state index in [-0.39, 0.29) is 12.1 Å². The lowest BCUT2D eigenvalue weighted by molar-refractivity contribution is 0.415. The van der Waals surface area contributed by atoms with E-state index in [1.165, 1.54) is 11.1 Å². The van der Waals surface area contributed by atoms with Gasteiger partial charge in [-0.2, -0.15) is 0 Å². The van der Waals surface area contributed by atoms with Crippen LogP contribution in [0.2, 0.25) is 0 Å². The molecule has 4 aromatic rings. The van der Waals surface area contributed by atoms with Gasteiger partial charge < -0.3 is 19.5 Å². The van der Waals surface area contributed by atoms with Crippen LogP contribution in [0.3, 0.4) is 0 Å². The summed E-state index contributed by atoms with van der Waals surface area (Å²) >= 11 is 5.87. The Balaban J connectivity index is 1.67. The van der Waals surface area contributed by atoms with E-state index in [1.54, 1.807) is 7.11 Å². The Morgan fingerprint density at radius 2 is 1.74 bits per heavy atom. The number of thiocarbonyl (C=S) groups is 1. The molecule has 1 saturated heterocycles. The molecule has 0 saturated carbocycles. The highest BCUT2D eigenvalue weighted by atomic mass is 32.1. The van der Waals surface area contributed by atoms with E-state index in [4.69, 9.17) is 17.0 Å². The van der Waals surface area contributed by atoms with E-state index in [1.807, 2.05) is 60.9 Å². The number of anilines is 1. The van der Waals surface area contributed by atoms with Gasteiger partial charge in [0.1, 0.15) is 11.6 Å². The molecule has 34 heavy (non-hydrogen) atoms. The van der Waals surface area contributed by atoms with E-state index in [0.29, 0.717) is 5.11 Å². The molecule has 0 radical (unpaired) electrons. The van der Waals surface area contributed by atoms with Gasteiger partial charge in [0.15, 0.2) is 5.11 Å². The molecule has 7 heteroatoms. The first kappa shape index (κ1) is 22.1. The molecule has 1 aliphatic heterocycles. The number of hydrogen-bond acceptors (Lipinski definition) is 4. The SMILES string of the molecule is COc1ccc(N2C(=S)N[C@H](c3ccccn3)[C@H]2c2cc(C)n(-c3cc(C)ccn3)c2C)cc1. The first-order valence-electron chi connectivity index (χ1n) is 11.2. The Kier molecular flexibility index (Phi) is 5.79. The Morgan fingerprint density at radius 1 is 0.941 bits per heavy atom. The second-order valence-electron chi connectivity index (χ2n) is 8.55. The molecule has 3 aromatic heterocycles. The van der Waals surface area contributed by atoms with E-state index >= 15 is 0 Å². The van der Waals surface area contributed by atoms with E-state index in [0.717, 1.165) is 34.3 Å². The van der Waals surface area contributed by atoms with Crippen LogP contribution < -0.4 is 15.0 Å². The van der Waals surface area contributed by atoms with Gasteiger partial charge in [-0.3, -0.25) is 4.98 Å². The molecular weight excluding hydrogens is 442 g/mol. The Morgan fingerprint density at radius 3 is 2.41 bits per heavy atom. The van der Waals surface area contributed by atoms with Crippen LogP contribution in [-0.4, -0.2) is 26.8 Å². The quantitative estimate of drug-likeness (QED) is 0.396. The lowest BCUT2D eigenvalue weighted by atomic mass is 9.96. The maximum Gasteiger partial charge on any atom is 0.174 e. The molecule has 172 valence electrons. The van der Waals surface area contributed by atoms with Gasteiger partial charge in [0.25, 0.3) is 0 Å². The summed E-state index contributed by atoms with van der Waals surface area (Å²) in [6.45, 7) is 6.35. The van der Waals surface area contributed by atoms with Crippen molar-refractivity contribution in [3.63, 3.8) is 0 Å². The normalized spacial score (nSPS) is 17.6. The average Bonchev–Trinajstić information content (AvgIpc) is 3.34. The van der Waals surface area contributed by atoms with Crippen molar-refractivity contribution in [3.05, 3.63) is 101 Å². The summed E-state index contributed by atoms with van der Waals surface area (Å²) in [6, 6.07) is 20.2. The minimum absolute atomic E-state index is 0.0828. The van der Waals surface area contributed by atoms with Crippen LogP contribution in [0.1, 0.15) is 40.3 Å². The molecule has 6 nitrogen and oxygen atoms in total. The summed E-state index contributed by atoms with van der Waals surface area (Å²) in [4.78, 5) is 11.5. The fraction of sp³-hybridized carbons (Fsp3) is 0.222. The number of hydrogen-bond donors (Lipinski definition) is 1.